The second kappa shape index (κ2) is 6.31. The van der Waals surface area contributed by atoms with Crippen LogP contribution in [0.3, 0.4) is 0 Å². The molecule has 2 heteroatoms. The molecular formula is C15H23KO. The molecule has 0 radical (unpaired) electrons. The van der Waals surface area contributed by atoms with E-state index in [0.717, 1.165) is 5.56 Å². The van der Waals surface area contributed by atoms with Gasteiger partial charge in [0.1, 0.15) is 0 Å². The average molecular weight is 258 g/mol. The molecule has 0 aromatic heterocycles. The van der Waals surface area contributed by atoms with Crippen molar-refractivity contribution in [3.63, 3.8) is 0 Å². The second-order valence-corrected chi connectivity index (χ2v) is 6.56. The van der Waals surface area contributed by atoms with Crippen molar-refractivity contribution < 1.29 is 56.5 Å². The summed E-state index contributed by atoms with van der Waals surface area (Å²) in [5.41, 5.74) is 3.62. The summed E-state index contributed by atoms with van der Waals surface area (Å²) in [6.45, 7) is 13.0. The van der Waals surface area contributed by atoms with Gasteiger partial charge in [0.2, 0.25) is 0 Å². The van der Waals surface area contributed by atoms with Crippen LogP contribution >= 0.6 is 0 Å². The smallest absolute Gasteiger partial charge is 0.851 e. The summed E-state index contributed by atoms with van der Waals surface area (Å²) >= 11 is 0. The van der Waals surface area contributed by atoms with Crippen LogP contribution in [0.15, 0.2) is 18.2 Å². The zero-order valence-corrected chi connectivity index (χ0v) is 15.5. The summed E-state index contributed by atoms with van der Waals surface area (Å²) in [5.74, 6) is 0. The van der Waals surface area contributed by atoms with Crippen LogP contribution in [-0.4, -0.2) is 0 Å². The van der Waals surface area contributed by atoms with Gasteiger partial charge in [0, 0.05) is 0 Å². The fourth-order valence-electron chi connectivity index (χ4n) is 1.64. The van der Waals surface area contributed by atoms with E-state index in [0.29, 0.717) is 0 Å². The minimum absolute atomic E-state index is 0. The molecule has 1 aromatic carbocycles. The molecule has 0 heterocycles. The van der Waals surface area contributed by atoms with Crippen LogP contribution in [0.25, 0.3) is 0 Å². The third-order valence-electron chi connectivity index (χ3n) is 2.89. The van der Waals surface area contributed by atoms with E-state index in [1.54, 1.807) is 0 Å². The summed E-state index contributed by atoms with van der Waals surface area (Å²) < 4.78 is 0. The number of hydrogen-bond donors (Lipinski definition) is 0. The van der Waals surface area contributed by atoms with Crippen molar-refractivity contribution in [3.8, 4) is 0 Å². The van der Waals surface area contributed by atoms with Crippen LogP contribution in [0, 0.1) is 0 Å². The van der Waals surface area contributed by atoms with Crippen molar-refractivity contribution in [2.75, 3.05) is 0 Å². The van der Waals surface area contributed by atoms with E-state index in [9.17, 15) is 5.11 Å². The van der Waals surface area contributed by atoms with Crippen LogP contribution < -0.4 is 56.5 Å². The molecule has 0 N–H and O–H groups in total. The molecule has 17 heavy (non-hydrogen) atoms. The van der Waals surface area contributed by atoms with E-state index in [4.69, 9.17) is 0 Å². The normalized spacial score (nSPS) is 12.2. The molecule has 0 aliphatic heterocycles. The maximum absolute atomic E-state index is 11.1. The van der Waals surface area contributed by atoms with E-state index in [1.807, 2.05) is 12.1 Å². The first kappa shape index (κ1) is 17.8. The Morgan fingerprint density at radius 2 is 1.18 bits per heavy atom. The van der Waals surface area contributed by atoms with E-state index in [-0.39, 0.29) is 68.8 Å². The monoisotopic (exact) mass is 258 g/mol. The molecule has 1 aromatic rings. The Balaban J connectivity index is 0.00000256. The maximum Gasteiger partial charge on any atom is 1.00 e. The van der Waals surface area contributed by atoms with Crippen molar-refractivity contribution >= 4 is 0 Å². The Kier molecular flexibility index (Phi) is 6.61. The van der Waals surface area contributed by atoms with Gasteiger partial charge in [-0.25, -0.2) is 0 Å². The van der Waals surface area contributed by atoms with Crippen LogP contribution in [0.1, 0.15) is 58.2 Å². The van der Waals surface area contributed by atoms with Crippen molar-refractivity contribution in [3.05, 3.63) is 34.9 Å². The first-order valence-electron chi connectivity index (χ1n) is 5.87. The van der Waals surface area contributed by atoms with Gasteiger partial charge in [0.15, 0.2) is 0 Å². The van der Waals surface area contributed by atoms with E-state index >= 15 is 0 Å². The maximum atomic E-state index is 11.1. The molecule has 0 saturated heterocycles. The summed E-state index contributed by atoms with van der Waals surface area (Å²) in [6.07, 6.45) is 0. The molecule has 0 unspecified atom stereocenters. The van der Waals surface area contributed by atoms with Crippen molar-refractivity contribution in [2.24, 2.45) is 0 Å². The molecular weight excluding hydrogens is 235 g/mol. The first-order valence-corrected chi connectivity index (χ1v) is 5.87. The Bertz CT molecular complexity index is 337. The summed E-state index contributed by atoms with van der Waals surface area (Å²) in [7, 11) is 0. The number of hydrogen-bond acceptors (Lipinski definition) is 1. The zero-order chi connectivity index (χ0) is 12.6. The predicted molar refractivity (Wildman–Crippen MR) is 67.5 cm³/mol. The third-order valence-corrected chi connectivity index (χ3v) is 2.89. The Hall–Kier alpha value is 0.816. The van der Waals surface area contributed by atoms with Crippen LogP contribution in [-0.2, 0) is 17.4 Å². The molecule has 0 aliphatic rings. The van der Waals surface area contributed by atoms with Gasteiger partial charge < -0.3 is 5.11 Å². The molecule has 0 saturated carbocycles. The Labute approximate surface area is 148 Å². The topological polar surface area (TPSA) is 23.1 Å². The quantitative estimate of drug-likeness (QED) is 0.658. The zero-order valence-electron chi connectivity index (χ0n) is 12.3. The van der Waals surface area contributed by atoms with E-state index in [2.05, 4.69) is 47.6 Å². The molecule has 0 fully saturated rings. The summed E-state index contributed by atoms with van der Waals surface area (Å²) in [6, 6.07) is 6.32. The van der Waals surface area contributed by atoms with Crippen LogP contribution in [0.2, 0.25) is 0 Å². The minimum Gasteiger partial charge on any atom is -0.851 e. The number of benzene rings is 1. The summed E-state index contributed by atoms with van der Waals surface area (Å²) in [5, 5.41) is 11.1. The minimum atomic E-state index is -0.132. The van der Waals surface area contributed by atoms with Crippen molar-refractivity contribution in [2.45, 2.75) is 59.0 Å². The molecule has 0 aliphatic carbocycles. The standard InChI is InChI=1S/C15H23O.K/c1-14(2,3)12-7-11(10-16)8-13(9-12)15(4,5)6;/h7-9H,10H2,1-6H3;/q-1;+1. The molecule has 90 valence electrons. The average Bonchev–Trinajstić information content (AvgIpc) is 2.14. The molecule has 0 amide bonds. The third kappa shape index (κ3) is 5.13. The van der Waals surface area contributed by atoms with Gasteiger partial charge in [-0.3, -0.25) is 0 Å². The Morgan fingerprint density at radius 3 is 1.41 bits per heavy atom. The SMILES string of the molecule is CC(C)(C)c1cc(C[O-])cc(C(C)(C)C)c1.[K+]. The van der Waals surface area contributed by atoms with Crippen LogP contribution in [0.5, 0.6) is 0 Å². The fraction of sp³-hybridized carbons (Fsp3) is 0.600. The largest absolute Gasteiger partial charge is 1.00 e. The van der Waals surface area contributed by atoms with Gasteiger partial charge in [-0.15, -0.1) is 6.61 Å². The van der Waals surface area contributed by atoms with Crippen molar-refractivity contribution in [1.82, 2.24) is 0 Å². The molecule has 0 spiro atoms. The van der Waals surface area contributed by atoms with Gasteiger partial charge in [-0.05, 0) is 22.0 Å². The van der Waals surface area contributed by atoms with Crippen molar-refractivity contribution in [1.29, 1.82) is 0 Å². The molecule has 0 atom stereocenters. The first-order chi connectivity index (χ1) is 7.14. The number of rotatable bonds is 1. The van der Waals surface area contributed by atoms with E-state index in [1.165, 1.54) is 11.1 Å². The fourth-order valence-corrected chi connectivity index (χ4v) is 1.64. The summed E-state index contributed by atoms with van der Waals surface area (Å²) in [4.78, 5) is 0. The molecule has 1 rings (SSSR count). The van der Waals surface area contributed by atoms with Crippen LogP contribution in [0.4, 0.5) is 0 Å². The van der Waals surface area contributed by atoms with Gasteiger partial charge in [0.05, 0.1) is 0 Å². The van der Waals surface area contributed by atoms with E-state index < -0.39 is 0 Å². The van der Waals surface area contributed by atoms with Gasteiger partial charge >= 0.3 is 51.4 Å². The second-order valence-electron chi connectivity index (χ2n) is 6.56. The Morgan fingerprint density at radius 1 is 0.824 bits per heavy atom. The van der Waals surface area contributed by atoms with Gasteiger partial charge in [0.25, 0.3) is 0 Å². The van der Waals surface area contributed by atoms with Gasteiger partial charge in [-0.2, -0.15) is 0 Å². The molecule has 1 nitrogen and oxygen atoms in total. The molecule has 0 bridgehead atoms. The predicted octanol–water partition coefficient (Wildman–Crippen LogP) is 0.146. The van der Waals surface area contributed by atoms with Gasteiger partial charge in [-0.1, -0.05) is 65.3 Å².